The van der Waals surface area contributed by atoms with E-state index in [-0.39, 0.29) is 12.1 Å². The normalized spacial score (nSPS) is 19.2. The smallest absolute Gasteiger partial charge is 0.191 e. The monoisotopic (exact) mass is 335 g/mol. The quantitative estimate of drug-likeness (QED) is 0.411. The predicted molar refractivity (Wildman–Crippen MR) is 95.3 cm³/mol. The molecule has 0 aliphatic carbocycles. The molecule has 0 bridgehead atoms. The summed E-state index contributed by atoms with van der Waals surface area (Å²) in [7, 11) is 0. The van der Waals surface area contributed by atoms with Crippen molar-refractivity contribution < 1.29 is 13.9 Å². The number of furan rings is 1. The Kier molecular flexibility index (Phi) is 7.85. The van der Waals surface area contributed by atoms with Crippen molar-refractivity contribution in [3.8, 4) is 0 Å². The third-order valence-electron chi connectivity index (χ3n) is 3.60. The molecular weight excluding hydrogens is 306 g/mol. The molecule has 2 heterocycles. The number of rotatable bonds is 9. The summed E-state index contributed by atoms with van der Waals surface area (Å²) in [5.41, 5.74) is 1.02. The molecule has 1 aliphatic heterocycles. The van der Waals surface area contributed by atoms with Crippen LogP contribution in [0.4, 0.5) is 0 Å². The molecule has 24 heavy (non-hydrogen) atoms. The molecule has 2 rings (SSSR count). The number of hydrogen-bond acceptors (Lipinski definition) is 4. The van der Waals surface area contributed by atoms with Gasteiger partial charge in [0.05, 0.1) is 32.1 Å². The Morgan fingerprint density at radius 2 is 2.42 bits per heavy atom. The number of guanidine groups is 1. The summed E-state index contributed by atoms with van der Waals surface area (Å²) >= 11 is 0. The molecule has 1 saturated heterocycles. The maximum Gasteiger partial charge on any atom is 0.191 e. The van der Waals surface area contributed by atoms with E-state index in [1.807, 2.05) is 19.1 Å². The first-order chi connectivity index (χ1) is 11.6. The highest BCUT2D eigenvalue weighted by molar-refractivity contribution is 5.80. The minimum atomic E-state index is 0.158. The highest BCUT2D eigenvalue weighted by atomic mass is 16.5. The lowest BCUT2D eigenvalue weighted by molar-refractivity contribution is 0.0347. The zero-order chi connectivity index (χ0) is 17.2. The highest BCUT2D eigenvalue weighted by Crippen LogP contribution is 2.08. The van der Waals surface area contributed by atoms with Crippen molar-refractivity contribution >= 4 is 5.96 Å². The first-order valence-electron chi connectivity index (χ1n) is 8.54. The van der Waals surface area contributed by atoms with Crippen LogP contribution in [-0.2, 0) is 15.9 Å². The summed E-state index contributed by atoms with van der Waals surface area (Å²) in [6.07, 6.45) is 3.70. The fraction of sp³-hybridized carbons (Fsp3) is 0.611. The van der Waals surface area contributed by atoms with Crippen molar-refractivity contribution in [1.82, 2.24) is 10.6 Å². The van der Waals surface area contributed by atoms with Gasteiger partial charge in [0, 0.05) is 25.6 Å². The van der Waals surface area contributed by atoms with Crippen molar-refractivity contribution in [3.05, 3.63) is 36.3 Å². The van der Waals surface area contributed by atoms with E-state index in [0.29, 0.717) is 19.8 Å². The Morgan fingerprint density at radius 3 is 3.08 bits per heavy atom. The van der Waals surface area contributed by atoms with E-state index in [1.54, 1.807) is 6.26 Å². The van der Waals surface area contributed by atoms with E-state index < -0.39 is 0 Å². The van der Waals surface area contributed by atoms with Crippen LogP contribution in [0.3, 0.4) is 0 Å². The number of hydrogen-bond donors (Lipinski definition) is 2. The topological polar surface area (TPSA) is 68.0 Å². The molecule has 1 aromatic rings. The van der Waals surface area contributed by atoms with Crippen LogP contribution >= 0.6 is 0 Å². The summed E-state index contributed by atoms with van der Waals surface area (Å²) in [6, 6.07) is 4.03. The van der Waals surface area contributed by atoms with Crippen LogP contribution in [0.5, 0.6) is 0 Å². The summed E-state index contributed by atoms with van der Waals surface area (Å²) in [5.74, 6) is 1.72. The molecule has 6 nitrogen and oxygen atoms in total. The van der Waals surface area contributed by atoms with Gasteiger partial charge in [-0.05, 0) is 32.4 Å². The van der Waals surface area contributed by atoms with Gasteiger partial charge in [0.1, 0.15) is 5.76 Å². The van der Waals surface area contributed by atoms with Gasteiger partial charge in [-0.25, -0.2) is 4.99 Å². The third-order valence-corrected chi connectivity index (χ3v) is 3.60. The van der Waals surface area contributed by atoms with Crippen molar-refractivity contribution in [2.45, 2.75) is 38.8 Å². The number of aliphatic imine (C=N–C) groups is 1. The van der Waals surface area contributed by atoms with E-state index in [0.717, 1.165) is 43.3 Å². The predicted octanol–water partition coefficient (Wildman–Crippen LogP) is 2.13. The molecule has 2 atom stereocenters. The zero-order valence-corrected chi connectivity index (χ0v) is 14.7. The lowest BCUT2D eigenvalue weighted by atomic mass is 10.3. The van der Waals surface area contributed by atoms with Crippen LogP contribution < -0.4 is 10.6 Å². The van der Waals surface area contributed by atoms with Crippen LogP contribution in [-0.4, -0.2) is 51.0 Å². The van der Waals surface area contributed by atoms with E-state index in [1.165, 1.54) is 0 Å². The second kappa shape index (κ2) is 10.2. The average molecular weight is 335 g/mol. The summed E-state index contributed by atoms with van der Waals surface area (Å²) in [4.78, 5) is 4.55. The van der Waals surface area contributed by atoms with Gasteiger partial charge in [-0.2, -0.15) is 0 Å². The maximum absolute atomic E-state index is 5.85. The molecule has 2 unspecified atom stereocenters. The van der Waals surface area contributed by atoms with Gasteiger partial charge in [0.15, 0.2) is 5.96 Å². The van der Waals surface area contributed by atoms with Crippen LogP contribution in [0, 0.1) is 0 Å². The van der Waals surface area contributed by atoms with Crippen molar-refractivity contribution in [3.63, 3.8) is 0 Å². The van der Waals surface area contributed by atoms with Crippen molar-refractivity contribution in [1.29, 1.82) is 0 Å². The van der Waals surface area contributed by atoms with Crippen LogP contribution in [0.1, 0.15) is 26.0 Å². The summed E-state index contributed by atoms with van der Waals surface area (Å²) in [5, 5.41) is 6.71. The van der Waals surface area contributed by atoms with Gasteiger partial charge < -0.3 is 24.5 Å². The molecular formula is C18H29N3O3. The third kappa shape index (κ3) is 7.19. The molecule has 1 fully saturated rings. The molecule has 1 aliphatic rings. The van der Waals surface area contributed by atoms with Gasteiger partial charge in [0.2, 0.25) is 0 Å². The Labute approximate surface area is 144 Å². The average Bonchev–Trinajstić information content (AvgIpc) is 3.24. The molecule has 6 heteroatoms. The highest BCUT2D eigenvalue weighted by Gasteiger charge is 2.17. The minimum Gasteiger partial charge on any atom is -0.469 e. The molecule has 0 saturated carbocycles. The van der Waals surface area contributed by atoms with Crippen molar-refractivity contribution in [2.24, 2.45) is 4.99 Å². The van der Waals surface area contributed by atoms with Gasteiger partial charge in [-0.3, -0.25) is 0 Å². The van der Waals surface area contributed by atoms with Crippen LogP contribution in [0.15, 0.2) is 40.0 Å². The van der Waals surface area contributed by atoms with E-state index in [2.05, 4.69) is 29.1 Å². The summed E-state index contributed by atoms with van der Waals surface area (Å²) in [6.45, 7) is 11.4. The van der Waals surface area contributed by atoms with E-state index >= 15 is 0 Å². The molecule has 1 aromatic heterocycles. The standard InChI is InChI=1S/C18H29N3O3/c1-14(2)11-20-18(19-8-6-16-5-4-9-23-16)21-15(3)12-24-17-7-10-22-13-17/h4-5,9,15,17H,1,6-8,10-13H2,2-3H3,(H2,19,20,21). The molecule has 0 aromatic carbocycles. The largest absolute Gasteiger partial charge is 0.469 e. The first kappa shape index (κ1) is 18.5. The fourth-order valence-electron chi connectivity index (χ4n) is 2.33. The maximum atomic E-state index is 5.85. The molecule has 2 N–H and O–H groups in total. The number of ether oxygens (including phenoxy) is 2. The lowest BCUT2D eigenvalue weighted by Crippen LogP contribution is -2.45. The Hall–Kier alpha value is -1.79. The van der Waals surface area contributed by atoms with Gasteiger partial charge >= 0.3 is 0 Å². The second-order valence-electron chi connectivity index (χ2n) is 6.24. The Bertz CT molecular complexity index is 508. The number of nitrogens with zero attached hydrogens (tertiary/aromatic N) is 1. The molecule has 0 radical (unpaired) electrons. The number of nitrogens with one attached hydrogen (secondary N) is 2. The van der Waals surface area contributed by atoms with E-state index in [4.69, 9.17) is 13.9 Å². The second-order valence-corrected chi connectivity index (χ2v) is 6.24. The molecule has 134 valence electrons. The van der Waals surface area contributed by atoms with Gasteiger partial charge in [0.25, 0.3) is 0 Å². The summed E-state index contributed by atoms with van der Waals surface area (Å²) < 4.78 is 16.5. The first-order valence-corrected chi connectivity index (χ1v) is 8.54. The van der Waals surface area contributed by atoms with Gasteiger partial charge in [-0.1, -0.05) is 12.2 Å². The zero-order valence-electron chi connectivity index (χ0n) is 14.7. The van der Waals surface area contributed by atoms with Crippen molar-refractivity contribution in [2.75, 3.05) is 32.9 Å². The lowest BCUT2D eigenvalue weighted by Gasteiger charge is -2.20. The van der Waals surface area contributed by atoms with E-state index in [9.17, 15) is 0 Å². The van der Waals surface area contributed by atoms with Gasteiger partial charge in [-0.15, -0.1) is 0 Å². The fourth-order valence-corrected chi connectivity index (χ4v) is 2.33. The Balaban J connectivity index is 1.75. The SMILES string of the molecule is C=C(C)CN=C(NCCc1ccco1)NC(C)COC1CCOC1. The van der Waals surface area contributed by atoms with Crippen LogP contribution in [0.2, 0.25) is 0 Å². The molecule has 0 amide bonds. The van der Waals surface area contributed by atoms with Crippen LogP contribution in [0.25, 0.3) is 0 Å². The minimum absolute atomic E-state index is 0.158. The Morgan fingerprint density at radius 1 is 1.54 bits per heavy atom. The molecule has 0 spiro atoms.